The predicted octanol–water partition coefficient (Wildman–Crippen LogP) is 2.55. The van der Waals surface area contributed by atoms with Crippen molar-refractivity contribution in [2.24, 2.45) is 0 Å². The second-order valence-corrected chi connectivity index (χ2v) is 7.63. The molecule has 0 saturated carbocycles. The van der Waals surface area contributed by atoms with E-state index in [1.807, 2.05) is 0 Å². The number of anilines is 1. The maximum atomic E-state index is 13.1. The maximum Gasteiger partial charge on any atom is 0.416 e. The van der Waals surface area contributed by atoms with Crippen molar-refractivity contribution < 1.29 is 41.0 Å². The van der Waals surface area contributed by atoms with Crippen LogP contribution in [0.25, 0.3) is 0 Å². The number of carbonyl (C=O) groups excluding carboxylic acids is 1. The molecule has 0 radical (unpaired) electrons. The lowest BCUT2D eigenvalue weighted by molar-refractivity contribution is -0.139. The minimum atomic E-state index is -4.85. The SMILES string of the molecule is O=C(O)C1NS(=O)(=O)c2ccc(C(F)(F)F)cc2N1C(=O)OCc1ccccc1. The fraction of sp³-hybridized carbons (Fsp3) is 0.176. The molecule has 29 heavy (non-hydrogen) atoms. The number of benzene rings is 2. The highest BCUT2D eigenvalue weighted by atomic mass is 32.2. The van der Waals surface area contributed by atoms with Crippen LogP contribution in [0, 0.1) is 0 Å². The monoisotopic (exact) mass is 430 g/mol. The first-order valence-electron chi connectivity index (χ1n) is 7.97. The van der Waals surface area contributed by atoms with Crippen molar-refractivity contribution >= 4 is 27.8 Å². The molecule has 12 heteroatoms. The fourth-order valence-corrected chi connectivity index (χ4v) is 3.97. The average molecular weight is 430 g/mol. The number of fused-ring (bicyclic) bond motifs is 1. The summed E-state index contributed by atoms with van der Waals surface area (Å²) in [4.78, 5) is 23.7. The maximum absolute atomic E-state index is 13.1. The zero-order chi connectivity index (χ0) is 21.4. The van der Waals surface area contributed by atoms with E-state index in [2.05, 4.69) is 0 Å². The summed E-state index contributed by atoms with van der Waals surface area (Å²) in [6.45, 7) is -0.302. The molecule has 0 bridgehead atoms. The lowest BCUT2D eigenvalue weighted by Crippen LogP contribution is -2.58. The molecule has 0 aliphatic carbocycles. The number of nitrogens with zero attached hydrogens (tertiary/aromatic N) is 1. The summed E-state index contributed by atoms with van der Waals surface area (Å²) >= 11 is 0. The molecule has 2 aromatic carbocycles. The molecule has 1 amide bonds. The van der Waals surface area contributed by atoms with Crippen LogP contribution in [0.2, 0.25) is 0 Å². The van der Waals surface area contributed by atoms with Gasteiger partial charge in [-0.1, -0.05) is 30.3 Å². The first-order valence-corrected chi connectivity index (χ1v) is 9.45. The first-order chi connectivity index (χ1) is 13.5. The Balaban J connectivity index is 2.05. The smallest absolute Gasteiger partial charge is 0.416 e. The van der Waals surface area contributed by atoms with Gasteiger partial charge in [-0.25, -0.2) is 22.9 Å². The summed E-state index contributed by atoms with van der Waals surface area (Å²) in [6.07, 6.45) is -8.36. The van der Waals surface area contributed by atoms with Crippen LogP contribution in [-0.4, -0.2) is 31.8 Å². The molecule has 8 nitrogen and oxygen atoms in total. The van der Waals surface area contributed by atoms with E-state index in [0.29, 0.717) is 28.7 Å². The number of aliphatic carboxylic acids is 1. The normalized spacial score (nSPS) is 18.0. The number of hydrogen-bond acceptors (Lipinski definition) is 5. The third-order valence-corrected chi connectivity index (χ3v) is 5.45. The highest BCUT2D eigenvalue weighted by Gasteiger charge is 2.44. The molecule has 154 valence electrons. The van der Waals surface area contributed by atoms with Gasteiger partial charge in [-0.3, -0.25) is 0 Å². The van der Waals surface area contributed by atoms with Gasteiger partial charge in [0.2, 0.25) is 16.2 Å². The Hall–Kier alpha value is -3.12. The van der Waals surface area contributed by atoms with E-state index in [9.17, 15) is 36.3 Å². The summed E-state index contributed by atoms with van der Waals surface area (Å²) in [5.41, 5.74) is -1.46. The minimum absolute atomic E-state index is 0.302. The van der Waals surface area contributed by atoms with Crippen molar-refractivity contribution in [2.45, 2.75) is 23.8 Å². The Labute approximate surface area is 162 Å². The Morgan fingerprint density at radius 3 is 2.38 bits per heavy atom. The minimum Gasteiger partial charge on any atom is -0.479 e. The second-order valence-electron chi connectivity index (χ2n) is 5.95. The van der Waals surface area contributed by atoms with Gasteiger partial charge in [-0.2, -0.15) is 17.9 Å². The van der Waals surface area contributed by atoms with Crippen molar-refractivity contribution in [3.63, 3.8) is 0 Å². The molecular formula is C17H13F3N2O6S. The van der Waals surface area contributed by atoms with E-state index in [1.165, 1.54) is 0 Å². The van der Waals surface area contributed by atoms with Gasteiger partial charge in [0.25, 0.3) is 0 Å². The van der Waals surface area contributed by atoms with Crippen LogP contribution in [0.15, 0.2) is 53.4 Å². The number of carboxylic acid groups (broad SMARTS) is 1. The molecular weight excluding hydrogens is 417 g/mol. The molecule has 0 aromatic heterocycles. The number of carboxylic acids is 1. The Morgan fingerprint density at radius 1 is 1.14 bits per heavy atom. The number of alkyl halides is 3. The Bertz CT molecular complexity index is 1060. The molecule has 1 atom stereocenters. The largest absolute Gasteiger partial charge is 0.479 e. The average Bonchev–Trinajstić information content (AvgIpc) is 2.65. The summed E-state index contributed by atoms with van der Waals surface area (Å²) in [5.74, 6) is -1.80. The van der Waals surface area contributed by atoms with Crippen molar-refractivity contribution in [3.05, 3.63) is 59.7 Å². The van der Waals surface area contributed by atoms with Gasteiger partial charge >= 0.3 is 18.2 Å². The summed E-state index contributed by atoms with van der Waals surface area (Å²) in [5, 5.41) is 9.33. The van der Waals surface area contributed by atoms with Gasteiger partial charge < -0.3 is 9.84 Å². The summed E-state index contributed by atoms with van der Waals surface area (Å²) in [7, 11) is -4.48. The molecule has 2 aromatic rings. The third-order valence-electron chi connectivity index (χ3n) is 4.00. The molecule has 0 fully saturated rings. The van der Waals surface area contributed by atoms with Crippen LogP contribution in [-0.2, 0) is 32.3 Å². The predicted molar refractivity (Wildman–Crippen MR) is 92.3 cm³/mol. The molecule has 1 heterocycles. The molecule has 1 unspecified atom stereocenters. The van der Waals surface area contributed by atoms with Crippen LogP contribution in [0.5, 0.6) is 0 Å². The van der Waals surface area contributed by atoms with Gasteiger partial charge in [0.15, 0.2) is 0 Å². The molecule has 0 saturated heterocycles. The Kier molecular flexibility index (Phi) is 5.24. The number of carbonyl (C=O) groups is 2. The first kappa shape index (κ1) is 20.6. The highest BCUT2D eigenvalue weighted by molar-refractivity contribution is 7.89. The van der Waals surface area contributed by atoms with E-state index in [4.69, 9.17) is 4.74 Å². The van der Waals surface area contributed by atoms with E-state index in [0.717, 1.165) is 0 Å². The van der Waals surface area contributed by atoms with E-state index in [-0.39, 0.29) is 6.61 Å². The second kappa shape index (κ2) is 7.37. The number of rotatable bonds is 3. The van der Waals surface area contributed by atoms with Gasteiger partial charge in [0.05, 0.1) is 11.3 Å². The van der Waals surface area contributed by atoms with Crippen molar-refractivity contribution in [2.75, 3.05) is 4.90 Å². The zero-order valence-electron chi connectivity index (χ0n) is 14.4. The molecule has 0 spiro atoms. The zero-order valence-corrected chi connectivity index (χ0v) is 15.2. The van der Waals surface area contributed by atoms with Crippen molar-refractivity contribution in [1.29, 1.82) is 0 Å². The van der Waals surface area contributed by atoms with Crippen LogP contribution in [0.1, 0.15) is 11.1 Å². The van der Waals surface area contributed by atoms with Crippen molar-refractivity contribution in [3.8, 4) is 0 Å². The number of ether oxygens (including phenoxy) is 1. The van der Waals surface area contributed by atoms with Crippen LogP contribution in [0.3, 0.4) is 0 Å². The lowest BCUT2D eigenvalue weighted by atomic mass is 10.1. The summed E-state index contributed by atoms with van der Waals surface area (Å²) in [6, 6.07) is 9.80. The van der Waals surface area contributed by atoms with E-state index in [1.54, 1.807) is 35.1 Å². The van der Waals surface area contributed by atoms with Crippen LogP contribution in [0.4, 0.5) is 23.7 Å². The topological polar surface area (TPSA) is 113 Å². The third kappa shape index (κ3) is 4.17. The van der Waals surface area contributed by atoms with Crippen LogP contribution < -0.4 is 9.62 Å². The number of amides is 1. The molecule has 1 aliphatic heterocycles. The number of halogens is 3. The number of sulfonamides is 1. The highest BCUT2D eigenvalue weighted by Crippen LogP contribution is 2.38. The lowest BCUT2D eigenvalue weighted by Gasteiger charge is -2.34. The van der Waals surface area contributed by atoms with Gasteiger partial charge in [-0.15, -0.1) is 0 Å². The number of nitrogens with one attached hydrogen (secondary N) is 1. The van der Waals surface area contributed by atoms with Gasteiger partial charge in [0, 0.05) is 0 Å². The van der Waals surface area contributed by atoms with Gasteiger partial charge in [-0.05, 0) is 23.8 Å². The fourth-order valence-electron chi connectivity index (χ4n) is 2.66. The molecule has 3 rings (SSSR count). The van der Waals surface area contributed by atoms with Gasteiger partial charge in [0.1, 0.15) is 11.5 Å². The van der Waals surface area contributed by atoms with E-state index < -0.39 is 50.6 Å². The summed E-state index contributed by atoms with van der Waals surface area (Å²) < 4.78 is 70.5. The standard InChI is InChI=1S/C17H13F3N2O6S/c18-17(19,20)11-6-7-13-12(8-11)22(14(15(23)24)21-29(13,26)27)16(25)28-9-10-4-2-1-3-5-10/h1-8,14,21H,9H2,(H,23,24). The Morgan fingerprint density at radius 2 is 1.79 bits per heavy atom. The van der Waals surface area contributed by atoms with Crippen LogP contribution >= 0.6 is 0 Å². The van der Waals surface area contributed by atoms with Crippen molar-refractivity contribution in [1.82, 2.24) is 4.72 Å². The number of hydrogen-bond donors (Lipinski definition) is 2. The molecule has 2 N–H and O–H groups in total. The van der Waals surface area contributed by atoms with E-state index >= 15 is 0 Å². The quantitative estimate of drug-likeness (QED) is 0.774. The molecule has 1 aliphatic rings.